The highest BCUT2D eigenvalue weighted by Gasteiger charge is 2.26. The highest BCUT2D eigenvalue weighted by molar-refractivity contribution is 5.06. The molecule has 2 rings (SSSR count). The molecule has 2 atom stereocenters. The van der Waals surface area contributed by atoms with Crippen molar-refractivity contribution in [1.29, 1.82) is 0 Å². The van der Waals surface area contributed by atoms with Crippen molar-refractivity contribution in [1.82, 2.24) is 0 Å². The molecule has 0 bridgehead atoms. The maximum Gasteiger partial charge on any atom is -0.0208 e. The fourth-order valence-corrected chi connectivity index (χ4v) is 2.27. The third kappa shape index (κ3) is 0.938. The topological polar surface area (TPSA) is 23.1 Å². The second-order valence-electron chi connectivity index (χ2n) is 3.55. The maximum absolute atomic E-state index is 11.0. The van der Waals surface area contributed by atoms with E-state index in [4.69, 9.17) is 0 Å². The van der Waals surface area contributed by atoms with Gasteiger partial charge in [0.15, 0.2) is 0 Å². The molecule has 0 saturated heterocycles. The molecule has 0 aromatic heterocycles. The first kappa shape index (κ1) is 6.26. The van der Waals surface area contributed by atoms with Gasteiger partial charge in [-0.3, -0.25) is 0 Å². The standard InChI is InChI=1S/C9H14O/c10-9-5-7-3-1-2-4-8(7)6-9/h5,7-8,10H,1-4,6H2/p-1. The van der Waals surface area contributed by atoms with E-state index in [1.165, 1.54) is 25.7 Å². The molecule has 0 spiro atoms. The summed E-state index contributed by atoms with van der Waals surface area (Å²) in [4.78, 5) is 0. The molecule has 0 aromatic rings. The zero-order chi connectivity index (χ0) is 6.97. The third-order valence-electron chi connectivity index (χ3n) is 2.83. The van der Waals surface area contributed by atoms with Crippen molar-refractivity contribution < 1.29 is 5.11 Å². The van der Waals surface area contributed by atoms with Crippen LogP contribution in [0.1, 0.15) is 32.1 Å². The molecule has 2 unspecified atom stereocenters. The Kier molecular flexibility index (Phi) is 1.44. The smallest absolute Gasteiger partial charge is 0.0208 e. The van der Waals surface area contributed by atoms with E-state index in [9.17, 15) is 5.11 Å². The van der Waals surface area contributed by atoms with E-state index < -0.39 is 0 Å². The van der Waals surface area contributed by atoms with Gasteiger partial charge in [0, 0.05) is 0 Å². The highest BCUT2D eigenvalue weighted by atomic mass is 16.3. The number of rotatable bonds is 0. The molecule has 1 nitrogen and oxygen atoms in total. The second kappa shape index (κ2) is 2.30. The van der Waals surface area contributed by atoms with E-state index in [0.717, 1.165) is 12.3 Å². The molecule has 1 saturated carbocycles. The van der Waals surface area contributed by atoms with Crippen LogP contribution in [0, 0.1) is 11.8 Å². The van der Waals surface area contributed by atoms with Crippen molar-refractivity contribution in [3.05, 3.63) is 11.8 Å². The predicted octanol–water partition coefficient (Wildman–Crippen LogP) is 1.44. The molecule has 1 heteroatoms. The first-order valence-electron chi connectivity index (χ1n) is 4.24. The average Bonchev–Trinajstić information content (AvgIpc) is 2.27. The van der Waals surface area contributed by atoms with Gasteiger partial charge in [0.05, 0.1) is 0 Å². The van der Waals surface area contributed by atoms with Crippen LogP contribution in [0.25, 0.3) is 0 Å². The summed E-state index contributed by atoms with van der Waals surface area (Å²) in [5.74, 6) is 1.80. The van der Waals surface area contributed by atoms with E-state index >= 15 is 0 Å². The van der Waals surface area contributed by atoms with Crippen molar-refractivity contribution >= 4 is 0 Å². The number of fused-ring (bicyclic) bond motifs is 1. The molecule has 10 heavy (non-hydrogen) atoms. The lowest BCUT2D eigenvalue weighted by molar-refractivity contribution is -0.306. The first-order valence-corrected chi connectivity index (χ1v) is 4.24. The lowest BCUT2D eigenvalue weighted by Crippen LogP contribution is -2.13. The molecule has 0 aromatic carbocycles. The fraction of sp³-hybridized carbons (Fsp3) is 0.778. The molecule has 1 fully saturated rings. The van der Waals surface area contributed by atoms with Gasteiger partial charge in [0.2, 0.25) is 0 Å². The Morgan fingerprint density at radius 2 is 2.10 bits per heavy atom. The Balaban J connectivity index is 2.06. The van der Waals surface area contributed by atoms with Crippen molar-refractivity contribution in [2.75, 3.05) is 0 Å². The fourth-order valence-electron chi connectivity index (χ4n) is 2.27. The van der Waals surface area contributed by atoms with Gasteiger partial charge in [-0.25, -0.2) is 0 Å². The molecular formula is C9H13O-. The summed E-state index contributed by atoms with van der Waals surface area (Å²) in [6.07, 6.45) is 8.07. The van der Waals surface area contributed by atoms with Crippen molar-refractivity contribution in [3.8, 4) is 0 Å². The Labute approximate surface area is 61.8 Å². The van der Waals surface area contributed by atoms with Crippen LogP contribution in [0.5, 0.6) is 0 Å². The normalized spacial score (nSPS) is 39.0. The van der Waals surface area contributed by atoms with Crippen molar-refractivity contribution in [3.63, 3.8) is 0 Å². The van der Waals surface area contributed by atoms with Crippen LogP contribution in [0.2, 0.25) is 0 Å². The molecule has 2 aliphatic carbocycles. The van der Waals surface area contributed by atoms with E-state index in [2.05, 4.69) is 0 Å². The summed E-state index contributed by atoms with van der Waals surface area (Å²) in [7, 11) is 0. The van der Waals surface area contributed by atoms with Gasteiger partial charge in [-0.1, -0.05) is 18.9 Å². The lowest BCUT2D eigenvalue weighted by atomic mass is 9.82. The van der Waals surface area contributed by atoms with Gasteiger partial charge in [-0.2, -0.15) is 0 Å². The van der Waals surface area contributed by atoms with E-state index in [0.29, 0.717) is 11.7 Å². The zero-order valence-electron chi connectivity index (χ0n) is 6.18. The summed E-state index contributed by atoms with van der Waals surface area (Å²) in [5, 5.41) is 11.0. The Morgan fingerprint density at radius 1 is 1.30 bits per heavy atom. The third-order valence-corrected chi connectivity index (χ3v) is 2.83. The first-order chi connectivity index (χ1) is 4.86. The van der Waals surface area contributed by atoms with Crippen LogP contribution in [-0.2, 0) is 0 Å². The molecule has 2 aliphatic rings. The Bertz CT molecular complexity index is 160. The molecule has 0 heterocycles. The van der Waals surface area contributed by atoms with Crippen LogP contribution >= 0.6 is 0 Å². The van der Waals surface area contributed by atoms with Gasteiger partial charge in [0.1, 0.15) is 0 Å². The van der Waals surface area contributed by atoms with E-state index in [-0.39, 0.29) is 0 Å². The second-order valence-corrected chi connectivity index (χ2v) is 3.55. The number of hydrogen-bond acceptors (Lipinski definition) is 1. The van der Waals surface area contributed by atoms with Gasteiger partial charge in [0.25, 0.3) is 0 Å². The quantitative estimate of drug-likeness (QED) is 0.495. The minimum atomic E-state index is 0.400. The molecule has 0 radical (unpaired) electrons. The Morgan fingerprint density at radius 3 is 2.90 bits per heavy atom. The molecule has 0 amide bonds. The lowest BCUT2D eigenvalue weighted by Gasteiger charge is -2.24. The van der Waals surface area contributed by atoms with Crippen LogP contribution in [-0.4, -0.2) is 0 Å². The summed E-state index contributed by atoms with van der Waals surface area (Å²) >= 11 is 0. The molecule has 0 N–H and O–H groups in total. The van der Waals surface area contributed by atoms with Crippen LogP contribution in [0.3, 0.4) is 0 Å². The summed E-state index contributed by atoms with van der Waals surface area (Å²) in [5.41, 5.74) is 0. The summed E-state index contributed by atoms with van der Waals surface area (Å²) < 4.78 is 0. The summed E-state index contributed by atoms with van der Waals surface area (Å²) in [6.45, 7) is 0. The van der Waals surface area contributed by atoms with Gasteiger partial charge >= 0.3 is 0 Å². The zero-order valence-corrected chi connectivity index (χ0v) is 6.18. The number of allylic oxidation sites excluding steroid dienone is 2. The van der Waals surface area contributed by atoms with Crippen molar-refractivity contribution in [2.24, 2.45) is 11.8 Å². The number of hydrogen-bond donors (Lipinski definition) is 0. The monoisotopic (exact) mass is 137 g/mol. The van der Waals surface area contributed by atoms with Gasteiger partial charge in [-0.15, -0.1) is 5.76 Å². The maximum atomic E-state index is 11.0. The van der Waals surface area contributed by atoms with Crippen molar-refractivity contribution in [2.45, 2.75) is 32.1 Å². The Hall–Kier alpha value is -0.460. The summed E-state index contributed by atoms with van der Waals surface area (Å²) in [6, 6.07) is 0. The van der Waals surface area contributed by atoms with E-state index in [1.54, 1.807) is 0 Å². The molecular weight excluding hydrogens is 124 g/mol. The minimum Gasteiger partial charge on any atom is -0.876 e. The molecule has 56 valence electrons. The van der Waals surface area contributed by atoms with Crippen LogP contribution in [0.4, 0.5) is 0 Å². The van der Waals surface area contributed by atoms with Gasteiger partial charge < -0.3 is 5.11 Å². The van der Waals surface area contributed by atoms with Gasteiger partial charge in [-0.05, 0) is 31.1 Å². The average molecular weight is 137 g/mol. The molecule has 0 aliphatic heterocycles. The van der Waals surface area contributed by atoms with Crippen LogP contribution < -0.4 is 5.11 Å². The largest absolute Gasteiger partial charge is 0.876 e. The highest BCUT2D eigenvalue weighted by Crippen LogP contribution is 2.39. The van der Waals surface area contributed by atoms with E-state index in [1.807, 2.05) is 6.08 Å². The minimum absolute atomic E-state index is 0.400. The SMILES string of the molecule is [O-]C1=CC2CCCCC2C1. The van der Waals surface area contributed by atoms with Crippen LogP contribution in [0.15, 0.2) is 11.8 Å². The predicted molar refractivity (Wildman–Crippen MR) is 38.1 cm³/mol.